The third kappa shape index (κ3) is 3.51. The molecule has 10 nitrogen and oxygen atoms in total. The van der Waals surface area contributed by atoms with E-state index in [1.54, 1.807) is 13.0 Å². The Morgan fingerprint density at radius 2 is 1.83 bits per heavy atom. The number of anilines is 1. The zero-order valence-electron chi connectivity index (χ0n) is 19.5. The Labute approximate surface area is 205 Å². The van der Waals surface area contributed by atoms with Gasteiger partial charge in [0.15, 0.2) is 5.60 Å². The number of esters is 3. The molecule has 35 heavy (non-hydrogen) atoms. The van der Waals surface area contributed by atoms with E-state index in [-0.39, 0.29) is 17.2 Å². The van der Waals surface area contributed by atoms with Gasteiger partial charge in [-0.05, 0) is 44.2 Å². The summed E-state index contributed by atoms with van der Waals surface area (Å²) >= 11 is 1.26. The second-order valence-electron chi connectivity index (χ2n) is 8.97. The molecular formula is C24H25NO9S. The normalized spacial score (nSPS) is 28.3. The third-order valence-corrected chi connectivity index (χ3v) is 8.10. The molecule has 0 spiro atoms. The summed E-state index contributed by atoms with van der Waals surface area (Å²) in [5.41, 5.74) is -0.549. The van der Waals surface area contributed by atoms with Crippen molar-refractivity contribution in [3.05, 3.63) is 28.2 Å². The SMILES string of the molecule is CCOC(=O)c1c(N2C(=O)[C@@H]3[C@H]4C=C[C@@](C(OC(C)=O)OC(C)=O)(O4)[C@H]3C2=O)sc2c1CCCC2. The van der Waals surface area contributed by atoms with Crippen molar-refractivity contribution >= 4 is 46.1 Å². The van der Waals surface area contributed by atoms with E-state index in [0.29, 0.717) is 6.42 Å². The van der Waals surface area contributed by atoms with Crippen LogP contribution in [0, 0.1) is 11.8 Å². The standard InChI is InChI=1S/C24H25NO9S/c1-4-31-22(30)16-13-7-5-6-8-15(13)35-21(16)25-19(28)17-14-9-10-24(34-14,18(17)20(25)29)23(32-11(2)26)33-12(3)27/h9-10,14,17-18,23H,4-8H2,1-3H3/t14-,17-,18-,24-/m1/s1. The summed E-state index contributed by atoms with van der Waals surface area (Å²) in [7, 11) is 0. The summed E-state index contributed by atoms with van der Waals surface area (Å²) in [6.07, 6.45) is 4.10. The average Bonchev–Trinajstić information content (AvgIpc) is 3.52. The first kappa shape index (κ1) is 23.7. The van der Waals surface area contributed by atoms with Crippen LogP contribution in [0.5, 0.6) is 0 Å². The second-order valence-corrected chi connectivity index (χ2v) is 10.1. The summed E-state index contributed by atoms with van der Waals surface area (Å²) < 4.78 is 21.8. The number of fused-ring (bicyclic) bond motifs is 6. The van der Waals surface area contributed by atoms with Crippen molar-refractivity contribution in [1.82, 2.24) is 0 Å². The Hall–Kier alpha value is -3.05. The molecule has 2 saturated heterocycles. The fourth-order valence-corrected chi connectivity index (χ4v) is 6.93. The second kappa shape index (κ2) is 8.56. The monoisotopic (exact) mass is 503 g/mol. The number of carbonyl (C=O) groups is 5. The Morgan fingerprint density at radius 3 is 2.49 bits per heavy atom. The molecule has 0 saturated carbocycles. The lowest BCUT2D eigenvalue weighted by Crippen LogP contribution is -2.52. The average molecular weight is 504 g/mol. The van der Waals surface area contributed by atoms with Crippen LogP contribution in [0.1, 0.15) is 54.4 Å². The van der Waals surface area contributed by atoms with Crippen molar-refractivity contribution in [3.63, 3.8) is 0 Å². The Bertz CT molecular complexity index is 1150. The Kier molecular flexibility index (Phi) is 5.79. The smallest absolute Gasteiger partial charge is 0.341 e. The minimum Gasteiger partial charge on any atom is -0.462 e. The molecule has 1 aliphatic carbocycles. The highest BCUT2D eigenvalue weighted by molar-refractivity contribution is 7.17. The third-order valence-electron chi connectivity index (χ3n) is 6.83. The summed E-state index contributed by atoms with van der Waals surface area (Å²) in [5.74, 6) is -5.15. The predicted molar refractivity (Wildman–Crippen MR) is 120 cm³/mol. The quantitative estimate of drug-likeness (QED) is 0.248. The number of aryl methyl sites for hydroxylation is 1. The van der Waals surface area contributed by atoms with Gasteiger partial charge in [0, 0.05) is 18.7 Å². The van der Waals surface area contributed by atoms with E-state index in [1.165, 1.54) is 17.4 Å². The highest BCUT2D eigenvalue weighted by atomic mass is 32.1. The van der Waals surface area contributed by atoms with Crippen molar-refractivity contribution < 1.29 is 42.9 Å². The topological polar surface area (TPSA) is 126 Å². The molecule has 186 valence electrons. The van der Waals surface area contributed by atoms with Crippen molar-refractivity contribution in [1.29, 1.82) is 0 Å². The van der Waals surface area contributed by atoms with E-state index in [4.69, 9.17) is 18.9 Å². The van der Waals surface area contributed by atoms with Crippen molar-refractivity contribution in [3.8, 4) is 0 Å². The molecule has 3 aliphatic heterocycles. The van der Waals surface area contributed by atoms with Gasteiger partial charge in [-0.15, -0.1) is 11.3 Å². The van der Waals surface area contributed by atoms with Crippen molar-refractivity contribution in [2.75, 3.05) is 11.5 Å². The molecule has 0 unspecified atom stereocenters. The summed E-state index contributed by atoms with van der Waals surface area (Å²) in [5, 5.41) is 0.255. The van der Waals surface area contributed by atoms with Gasteiger partial charge in [-0.1, -0.05) is 6.08 Å². The molecule has 0 radical (unpaired) electrons. The molecule has 4 atom stereocenters. The molecule has 4 aliphatic rings. The largest absolute Gasteiger partial charge is 0.462 e. The molecule has 11 heteroatoms. The lowest BCUT2D eigenvalue weighted by molar-refractivity contribution is -0.226. The molecule has 2 bridgehead atoms. The zero-order chi connectivity index (χ0) is 25.1. The minimum atomic E-state index is -1.64. The number of hydrogen-bond donors (Lipinski definition) is 0. The van der Waals surface area contributed by atoms with Crippen LogP contribution in [0.25, 0.3) is 0 Å². The highest BCUT2D eigenvalue weighted by Crippen LogP contribution is 2.56. The van der Waals surface area contributed by atoms with Gasteiger partial charge >= 0.3 is 17.9 Å². The van der Waals surface area contributed by atoms with E-state index in [2.05, 4.69) is 0 Å². The molecule has 2 fully saturated rings. The van der Waals surface area contributed by atoms with E-state index < -0.39 is 59.6 Å². The molecule has 2 amide bonds. The number of thiophene rings is 1. The first-order chi connectivity index (χ1) is 16.7. The van der Waals surface area contributed by atoms with Gasteiger partial charge in [-0.25, -0.2) is 9.69 Å². The molecule has 5 rings (SSSR count). The predicted octanol–water partition coefficient (Wildman–Crippen LogP) is 2.07. The van der Waals surface area contributed by atoms with Crippen molar-refractivity contribution in [2.45, 2.75) is 64.4 Å². The lowest BCUT2D eigenvalue weighted by atomic mass is 9.76. The number of hydrogen-bond acceptors (Lipinski definition) is 10. The van der Waals surface area contributed by atoms with Gasteiger partial charge < -0.3 is 18.9 Å². The molecule has 0 N–H and O–H groups in total. The van der Waals surface area contributed by atoms with E-state index in [1.807, 2.05) is 0 Å². The van der Waals surface area contributed by atoms with Gasteiger partial charge in [0.05, 0.1) is 30.1 Å². The molecule has 1 aromatic heterocycles. The first-order valence-electron chi connectivity index (χ1n) is 11.6. The fraction of sp³-hybridized carbons (Fsp3) is 0.542. The zero-order valence-corrected chi connectivity index (χ0v) is 20.3. The molecule has 0 aromatic carbocycles. The Balaban J connectivity index is 1.58. The number of amides is 2. The lowest BCUT2D eigenvalue weighted by Gasteiger charge is -2.34. The molecule has 4 heterocycles. The van der Waals surface area contributed by atoms with E-state index in [9.17, 15) is 24.0 Å². The number of rotatable bonds is 6. The number of ether oxygens (including phenoxy) is 4. The molecule has 1 aromatic rings. The minimum absolute atomic E-state index is 0.158. The van der Waals surface area contributed by atoms with Gasteiger partial charge in [-0.2, -0.15) is 0 Å². The van der Waals surface area contributed by atoms with Gasteiger partial charge in [-0.3, -0.25) is 19.2 Å². The highest BCUT2D eigenvalue weighted by Gasteiger charge is 2.72. The summed E-state index contributed by atoms with van der Waals surface area (Å²) in [6.45, 7) is 4.14. The van der Waals surface area contributed by atoms with Crippen LogP contribution in [0.4, 0.5) is 5.00 Å². The number of carbonyl (C=O) groups excluding carboxylic acids is 5. The first-order valence-corrected chi connectivity index (χ1v) is 12.4. The number of nitrogens with zero attached hydrogens (tertiary/aromatic N) is 1. The van der Waals surface area contributed by atoms with Crippen LogP contribution < -0.4 is 4.90 Å². The van der Waals surface area contributed by atoms with Crippen LogP contribution in [-0.2, 0) is 51.0 Å². The number of imide groups is 1. The summed E-state index contributed by atoms with van der Waals surface area (Å²) in [4.78, 5) is 66.1. The van der Waals surface area contributed by atoms with Crippen molar-refractivity contribution in [2.24, 2.45) is 11.8 Å². The van der Waals surface area contributed by atoms with Gasteiger partial charge in [0.25, 0.3) is 6.29 Å². The van der Waals surface area contributed by atoms with Crippen LogP contribution in [0.2, 0.25) is 0 Å². The maximum absolute atomic E-state index is 13.9. The van der Waals surface area contributed by atoms with E-state index >= 15 is 0 Å². The van der Waals surface area contributed by atoms with Gasteiger partial charge in [0.2, 0.25) is 11.8 Å². The van der Waals surface area contributed by atoms with Crippen LogP contribution in [0.15, 0.2) is 12.2 Å². The maximum atomic E-state index is 13.9. The summed E-state index contributed by atoms with van der Waals surface area (Å²) in [6, 6.07) is 0. The Morgan fingerprint density at radius 1 is 1.14 bits per heavy atom. The van der Waals surface area contributed by atoms with Crippen LogP contribution in [0.3, 0.4) is 0 Å². The fourth-order valence-electron chi connectivity index (χ4n) is 5.54. The van der Waals surface area contributed by atoms with Gasteiger partial charge in [0.1, 0.15) is 5.00 Å². The van der Waals surface area contributed by atoms with Crippen LogP contribution in [-0.4, -0.2) is 54.3 Å². The van der Waals surface area contributed by atoms with E-state index in [0.717, 1.165) is 48.5 Å². The van der Waals surface area contributed by atoms with Crippen LogP contribution >= 0.6 is 11.3 Å². The maximum Gasteiger partial charge on any atom is 0.341 e. The molecular weight excluding hydrogens is 478 g/mol.